The zero-order chi connectivity index (χ0) is 12.3. The minimum Gasteiger partial charge on any atom is -0.465 e. The van der Waals surface area contributed by atoms with Gasteiger partial charge in [0.1, 0.15) is 4.83 Å². The SMILES string of the molecule is COC(=O)c1csc2nc(NCCCO)sc12. The number of thiazole rings is 1. The molecule has 2 aromatic heterocycles. The summed E-state index contributed by atoms with van der Waals surface area (Å²) < 4.78 is 5.56. The highest BCUT2D eigenvalue weighted by Crippen LogP contribution is 2.33. The molecule has 0 unspecified atom stereocenters. The monoisotopic (exact) mass is 272 g/mol. The van der Waals surface area contributed by atoms with Crippen LogP contribution in [0.3, 0.4) is 0 Å². The number of anilines is 1. The van der Waals surface area contributed by atoms with Crippen molar-refractivity contribution in [2.45, 2.75) is 6.42 Å². The van der Waals surface area contributed by atoms with E-state index >= 15 is 0 Å². The van der Waals surface area contributed by atoms with Crippen LogP contribution in [0.25, 0.3) is 9.53 Å². The van der Waals surface area contributed by atoms with Crippen molar-refractivity contribution in [1.82, 2.24) is 4.98 Å². The van der Waals surface area contributed by atoms with Crippen molar-refractivity contribution < 1.29 is 14.6 Å². The van der Waals surface area contributed by atoms with Crippen molar-refractivity contribution in [3.05, 3.63) is 10.9 Å². The molecule has 7 heteroatoms. The Morgan fingerprint density at radius 1 is 1.65 bits per heavy atom. The zero-order valence-electron chi connectivity index (χ0n) is 9.23. The number of carbonyl (C=O) groups is 1. The number of carbonyl (C=O) groups excluding carboxylic acids is 1. The van der Waals surface area contributed by atoms with Crippen LogP contribution in [-0.4, -0.2) is 36.3 Å². The molecule has 0 saturated carbocycles. The summed E-state index contributed by atoms with van der Waals surface area (Å²) in [6.45, 7) is 0.824. The van der Waals surface area contributed by atoms with E-state index in [-0.39, 0.29) is 12.6 Å². The van der Waals surface area contributed by atoms with Crippen LogP contribution in [0, 0.1) is 0 Å². The second kappa shape index (κ2) is 5.44. The summed E-state index contributed by atoms with van der Waals surface area (Å²) >= 11 is 2.86. The van der Waals surface area contributed by atoms with E-state index in [4.69, 9.17) is 9.84 Å². The van der Waals surface area contributed by atoms with Crippen LogP contribution in [0.5, 0.6) is 0 Å². The molecule has 92 valence electrons. The van der Waals surface area contributed by atoms with E-state index in [1.54, 1.807) is 5.38 Å². The lowest BCUT2D eigenvalue weighted by atomic mass is 10.3. The number of hydrogen-bond donors (Lipinski definition) is 2. The number of hydrogen-bond acceptors (Lipinski definition) is 7. The lowest BCUT2D eigenvalue weighted by Gasteiger charge is -1.98. The molecule has 0 fully saturated rings. The van der Waals surface area contributed by atoms with Gasteiger partial charge in [0.25, 0.3) is 0 Å². The summed E-state index contributed by atoms with van der Waals surface area (Å²) in [6.07, 6.45) is 0.678. The van der Waals surface area contributed by atoms with Gasteiger partial charge >= 0.3 is 5.97 Å². The molecule has 0 spiro atoms. The maximum absolute atomic E-state index is 11.5. The Morgan fingerprint density at radius 2 is 2.47 bits per heavy atom. The van der Waals surface area contributed by atoms with Gasteiger partial charge in [0.05, 0.1) is 17.4 Å². The molecule has 0 saturated heterocycles. The number of fused-ring (bicyclic) bond motifs is 1. The highest BCUT2D eigenvalue weighted by atomic mass is 32.1. The van der Waals surface area contributed by atoms with E-state index in [1.807, 2.05) is 0 Å². The Bertz CT molecular complexity index is 521. The van der Waals surface area contributed by atoms with E-state index in [1.165, 1.54) is 29.8 Å². The van der Waals surface area contributed by atoms with Gasteiger partial charge in [-0.15, -0.1) is 11.3 Å². The average Bonchev–Trinajstić information content (AvgIpc) is 2.88. The van der Waals surface area contributed by atoms with Crippen LogP contribution in [0.15, 0.2) is 5.38 Å². The number of nitrogens with one attached hydrogen (secondary N) is 1. The molecule has 2 rings (SSSR count). The Morgan fingerprint density at radius 3 is 3.18 bits per heavy atom. The lowest BCUT2D eigenvalue weighted by Crippen LogP contribution is -2.02. The fourth-order valence-corrected chi connectivity index (χ4v) is 3.42. The Labute approximate surface area is 106 Å². The normalized spacial score (nSPS) is 10.7. The van der Waals surface area contributed by atoms with Crippen LogP contribution in [0.4, 0.5) is 5.13 Å². The molecule has 2 aromatic rings. The molecular weight excluding hydrogens is 260 g/mol. The number of ether oxygens (including phenoxy) is 1. The van der Waals surface area contributed by atoms with E-state index < -0.39 is 0 Å². The standard InChI is InChI=1S/C10H12N2O3S2/c1-15-9(14)6-5-16-8-7(6)17-10(12-8)11-3-2-4-13/h5,13H,2-4H2,1H3,(H,11,12). The summed E-state index contributed by atoms with van der Waals surface area (Å²) in [5.74, 6) is -0.332. The van der Waals surface area contributed by atoms with Crippen molar-refractivity contribution in [1.29, 1.82) is 0 Å². The summed E-state index contributed by atoms with van der Waals surface area (Å²) in [6, 6.07) is 0. The second-order valence-corrected chi connectivity index (χ2v) is 5.16. The summed E-state index contributed by atoms with van der Waals surface area (Å²) in [5, 5.41) is 14.3. The number of thiophene rings is 1. The topological polar surface area (TPSA) is 71.5 Å². The first-order valence-corrected chi connectivity index (χ1v) is 6.77. The van der Waals surface area contributed by atoms with Crippen molar-refractivity contribution >= 4 is 43.3 Å². The fraction of sp³-hybridized carbons (Fsp3) is 0.400. The summed E-state index contributed by atoms with van der Waals surface area (Å²) in [4.78, 5) is 16.7. The maximum atomic E-state index is 11.5. The molecule has 0 aliphatic heterocycles. The first kappa shape index (κ1) is 12.3. The molecule has 0 aliphatic carbocycles. The number of nitrogens with zero attached hydrogens (tertiary/aromatic N) is 1. The fourth-order valence-electron chi connectivity index (χ4n) is 1.33. The molecule has 2 N–H and O–H groups in total. The summed E-state index contributed by atoms with van der Waals surface area (Å²) in [7, 11) is 1.37. The van der Waals surface area contributed by atoms with Crippen LogP contribution >= 0.6 is 22.7 Å². The number of methoxy groups -OCH3 is 1. The third kappa shape index (κ3) is 2.56. The molecule has 5 nitrogen and oxygen atoms in total. The van der Waals surface area contributed by atoms with Gasteiger partial charge in [-0.25, -0.2) is 9.78 Å². The average molecular weight is 272 g/mol. The first-order chi connectivity index (χ1) is 8.26. The number of aromatic nitrogens is 1. The molecular formula is C10H12N2O3S2. The maximum Gasteiger partial charge on any atom is 0.340 e. The molecule has 0 atom stereocenters. The number of aliphatic hydroxyl groups excluding tert-OH is 1. The third-order valence-electron chi connectivity index (χ3n) is 2.15. The number of aliphatic hydroxyl groups is 1. The van der Waals surface area contributed by atoms with Gasteiger partial charge in [0.2, 0.25) is 0 Å². The Balaban J connectivity index is 2.19. The first-order valence-electron chi connectivity index (χ1n) is 5.07. The predicted molar refractivity (Wildman–Crippen MR) is 69.0 cm³/mol. The second-order valence-electron chi connectivity index (χ2n) is 3.30. The van der Waals surface area contributed by atoms with E-state index in [0.717, 1.165) is 14.7 Å². The minimum atomic E-state index is -0.332. The molecule has 0 aromatic carbocycles. The van der Waals surface area contributed by atoms with Gasteiger partial charge in [-0.05, 0) is 6.42 Å². The van der Waals surface area contributed by atoms with Gasteiger partial charge in [-0.3, -0.25) is 0 Å². The van der Waals surface area contributed by atoms with Gasteiger partial charge in [0, 0.05) is 18.5 Å². The molecule has 0 bridgehead atoms. The molecule has 0 radical (unpaired) electrons. The van der Waals surface area contributed by atoms with Crippen molar-refractivity contribution in [2.75, 3.05) is 25.6 Å². The number of rotatable bonds is 5. The zero-order valence-corrected chi connectivity index (χ0v) is 10.9. The Hall–Kier alpha value is -1.18. The van der Waals surface area contributed by atoms with Gasteiger partial charge in [-0.1, -0.05) is 11.3 Å². The third-order valence-corrected chi connectivity index (χ3v) is 4.19. The van der Waals surface area contributed by atoms with Gasteiger partial charge in [0.15, 0.2) is 5.13 Å². The van der Waals surface area contributed by atoms with E-state index in [0.29, 0.717) is 18.5 Å². The lowest BCUT2D eigenvalue weighted by molar-refractivity contribution is 0.0603. The largest absolute Gasteiger partial charge is 0.465 e. The smallest absolute Gasteiger partial charge is 0.340 e. The van der Waals surface area contributed by atoms with Crippen LogP contribution in [-0.2, 0) is 4.74 Å². The quantitative estimate of drug-likeness (QED) is 0.643. The molecule has 2 heterocycles. The predicted octanol–water partition coefficient (Wildman–Crippen LogP) is 1.94. The number of esters is 1. The van der Waals surface area contributed by atoms with E-state index in [2.05, 4.69) is 10.3 Å². The van der Waals surface area contributed by atoms with Gasteiger partial charge in [-0.2, -0.15) is 0 Å². The van der Waals surface area contributed by atoms with Crippen molar-refractivity contribution in [3.63, 3.8) is 0 Å². The van der Waals surface area contributed by atoms with E-state index in [9.17, 15) is 4.79 Å². The van der Waals surface area contributed by atoms with Crippen molar-refractivity contribution in [3.8, 4) is 0 Å². The minimum absolute atomic E-state index is 0.153. The molecule has 0 amide bonds. The highest BCUT2D eigenvalue weighted by molar-refractivity contribution is 7.28. The highest BCUT2D eigenvalue weighted by Gasteiger charge is 2.16. The Kier molecular flexibility index (Phi) is 3.93. The van der Waals surface area contributed by atoms with Gasteiger partial charge < -0.3 is 15.2 Å². The molecule has 0 aliphatic rings. The van der Waals surface area contributed by atoms with Crippen LogP contribution < -0.4 is 5.32 Å². The molecule has 17 heavy (non-hydrogen) atoms. The summed E-state index contributed by atoms with van der Waals surface area (Å²) in [5.41, 5.74) is 0.570. The van der Waals surface area contributed by atoms with Crippen molar-refractivity contribution in [2.24, 2.45) is 0 Å². The van der Waals surface area contributed by atoms with Crippen LogP contribution in [0.2, 0.25) is 0 Å². The van der Waals surface area contributed by atoms with Crippen LogP contribution in [0.1, 0.15) is 16.8 Å².